The molecule has 1 aromatic carbocycles. The molecule has 1 fully saturated rings. The number of carbonyl (C=O) groups is 3. The number of hydrogen-bond acceptors (Lipinski definition) is 4. The van der Waals surface area contributed by atoms with Crippen molar-refractivity contribution < 1.29 is 19.1 Å². The van der Waals surface area contributed by atoms with Crippen molar-refractivity contribution in [3.05, 3.63) is 33.8 Å². The van der Waals surface area contributed by atoms with Crippen LogP contribution in [0.4, 0.5) is 0 Å². The van der Waals surface area contributed by atoms with Gasteiger partial charge in [-0.15, -0.1) is 0 Å². The van der Waals surface area contributed by atoms with Gasteiger partial charge < -0.3 is 15.0 Å². The van der Waals surface area contributed by atoms with E-state index in [9.17, 15) is 14.4 Å². The van der Waals surface area contributed by atoms with Crippen LogP contribution in [0.1, 0.15) is 44.0 Å². The topological polar surface area (TPSA) is 75.7 Å². The van der Waals surface area contributed by atoms with Crippen LogP contribution in [-0.2, 0) is 14.3 Å². The smallest absolute Gasteiger partial charge is 0.310 e. The van der Waals surface area contributed by atoms with Crippen LogP contribution < -0.4 is 5.32 Å². The van der Waals surface area contributed by atoms with Crippen molar-refractivity contribution in [1.82, 2.24) is 10.2 Å². The van der Waals surface area contributed by atoms with Crippen LogP contribution in [0.5, 0.6) is 0 Å². The third kappa shape index (κ3) is 5.61. The second kappa shape index (κ2) is 10.1. The molecule has 1 aliphatic rings. The Hall–Kier alpha value is -1.79. The van der Waals surface area contributed by atoms with Crippen LogP contribution in [0, 0.1) is 11.8 Å². The quantitative estimate of drug-likeness (QED) is 0.702. The number of amides is 2. The molecule has 0 aliphatic carbocycles. The maximum absolute atomic E-state index is 13.1. The molecule has 1 N–H and O–H groups in total. The molecule has 28 heavy (non-hydrogen) atoms. The number of likely N-dealkylation sites (tertiary alicyclic amines) is 1. The van der Waals surface area contributed by atoms with Gasteiger partial charge in [0.1, 0.15) is 6.04 Å². The fourth-order valence-corrected chi connectivity index (χ4v) is 3.73. The number of carbonyl (C=O) groups excluding carboxylic acids is 3. The highest BCUT2D eigenvalue weighted by Gasteiger charge is 2.34. The normalized spacial score (nSPS) is 17.9. The van der Waals surface area contributed by atoms with Crippen molar-refractivity contribution in [3.8, 4) is 0 Å². The van der Waals surface area contributed by atoms with Crippen LogP contribution in [0.25, 0.3) is 0 Å². The van der Waals surface area contributed by atoms with Gasteiger partial charge in [0, 0.05) is 18.1 Å². The van der Waals surface area contributed by atoms with Crippen molar-refractivity contribution in [2.45, 2.75) is 39.7 Å². The van der Waals surface area contributed by atoms with Crippen LogP contribution >= 0.6 is 23.2 Å². The Bertz CT molecular complexity index is 739. The zero-order valence-electron chi connectivity index (χ0n) is 16.3. The summed E-state index contributed by atoms with van der Waals surface area (Å²) in [6.07, 6.45) is 1.42. The number of nitrogens with one attached hydrogen (secondary N) is 1. The maximum atomic E-state index is 13.1. The molecule has 8 heteroatoms. The SMILES string of the molecule is CCOC(=O)[C@@H]1CCCN(C(=O)[C@@H](NC(=O)c2ccc(Cl)cc2Cl)C(C)C)C1. The monoisotopic (exact) mass is 428 g/mol. The standard InChI is InChI=1S/C20H26Cl2N2O4/c1-4-28-20(27)13-6-5-9-24(11-13)19(26)17(12(2)3)23-18(25)15-8-7-14(21)10-16(15)22/h7-8,10,12-13,17H,4-6,9,11H2,1-3H3,(H,23,25)/t13-,17+/m1/s1. The number of nitrogens with zero attached hydrogens (tertiary/aromatic N) is 1. The van der Waals surface area contributed by atoms with E-state index in [0.717, 1.165) is 6.42 Å². The summed E-state index contributed by atoms with van der Waals surface area (Å²) < 4.78 is 5.09. The summed E-state index contributed by atoms with van der Waals surface area (Å²) in [6, 6.07) is 3.86. The molecule has 6 nitrogen and oxygen atoms in total. The molecule has 1 aromatic rings. The Morgan fingerprint density at radius 3 is 2.61 bits per heavy atom. The molecule has 2 rings (SSSR count). The van der Waals surface area contributed by atoms with Gasteiger partial charge in [0.25, 0.3) is 5.91 Å². The summed E-state index contributed by atoms with van der Waals surface area (Å²) >= 11 is 12.0. The van der Waals surface area contributed by atoms with Crippen molar-refractivity contribution in [2.24, 2.45) is 11.8 Å². The Balaban J connectivity index is 2.11. The van der Waals surface area contributed by atoms with E-state index < -0.39 is 11.9 Å². The highest BCUT2D eigenvalue weighted by Crippen LogP contribution is 2.23. The maximum Gasteiger partial charge on any atom is 0.310 e. The van der Waals surface area contributed by atoms with Crippen molar-refractivity contribution in [1.29, 1.82) is 0 Å². The molecule has 0 unspecified atom stereocenters. The molecule has 0 radical (unpaired) electrons. The molecule has 0 aromatic heterocycles. The van der Waals surface area contributed by atoms with Crippen molar-refractivity contribution in [3.63, 3.8) is 0 Å². The van der Waals surface area contributed by atoms with Crippen LogP contribution in [0.2, 0.25) is 10.0 Å². The highest BCUT2D eigenvalue weighted by molar-refractivity contribution is 6.36. The van der Waals surface area contributed by atoms with E-state index in [2.05, 4.69) is 5.32 Å². The first-order valence-electron chi connectivity index (χ1n) is 9.45. The number of ether oxygens (including phenoxy) is 1. The molecule has 1 aliphatic heterocycles. The van der Waals surface area contributed by atoms with Crippen LogP contribution in [0.3, 0.4) is 0 Å². The minimum Gasteiger partial charge on any atom is -0.466 e. The molecule has 0 bridgehead atoms. The van der Waals surface area contributed by atoms with Gasteiger partial charge in [-0.1, -0.05) is 37.0 Å². The van der Waals surface area contributed by atoms with Gasteiger partial charge in [-0.2, -0.15) is 0 Å². The average molecular weight is 429 g/mol. The lowest BCUT2D eigenvalue weighted by atomic mass is 9.95. The Labute approximate surface area is 175 Å². The lowest BCUT2D eigenvalue weighted by molar-refractivity contribution is -0.151. The van der Waals surface area contributed by atoms with Gasteiger partial charge in [-0.3, -0.25) is 14.4 Å². The van der Waals surface area contributed by atoms with Crippen LogP contribution in [-0.4, -0.2) is 48.4 Å². The summed E-state index contributed by atoms with van der Waals surface area (Å²) in [4.78, 5) is 39.4. The van der Waals surface area contributed by atoms with E-state index in [1.165, 1.54) is 12.1 Å². The predicted octanol–water partition coefficient (Wildman–Crippen LogP) is 3.55. The Morgan fingerprint density at radius 2 is 2.00 bits per heavy atom. The predicted molar refractivity (Wildman–Crippen MR) is 108 cm³/mol. The highest BCUT2D eigenvalue weighted by atomic mass is 35.5. The van der Waals surface area contributed by atoms with Gasteiger partial charge in [0.15, 0.2) is 0 Å². The first-order chi connectivity index (χ1) is 13.2. The number of halogens is 2. The summed E-state index contributed by atoms with van der Waals surface area (Å²) in [6.45, 7) is 6.65. The summed E-state index contributed by atoms with van der Waals surface area (Å²) in [5, 5.41) is 3.44. The Kier molecular flexibility index (Phi) is 8.13. The lowest BCUT2D eigenvalue weighted by Gasteiger charge is -2.35. The fourth-order valence-electron chi connectivity index (χ4n) is 3.23. The first kappa shape index (κ1) is 22.5. The number of esters is 1. The zero-order chi connectivity index (χ0) is 20.8. The van der Waals surface area contributed by atoms with E-state index in [0.29, 0.717) is 31.1 Å². The molecule has 0 saturated carbocycles. The number of benzene rings is 1. The summed E-state index contributed by atoms with van der Waals surface area (Å²) in [5.74, 6) is -1.38. The van der Waals surface area contributed by atoms with Crippen LogP contribution in [0.15, 0.2) is 18.2 Å². The van der Waals surface area contributed by atoms with E-state index >= 15 is 0 Å². The third-order valence-corrected chi connectivity index (χ3v) is 5.30. The summed E-state index contributed by atoms with van der Waals surface area (Å²) in [7, 11) is 0. The lowest BCUT2D eigenvalue weighted by Crippen LogP contribution is -2.54. The molecule has 2 amide bonds. The Morgan fingerprint density at radius 1 is 1.29 bits per heavy atom. The summed E-state index contributed by atoms with van der Waals surface area (Å²) in [5.41, 5.74) is 0.257. The first-order valence-corrected chi connectivity index (χ1v) is 10.2. The van der Waals surface area contributed by atoms with E-state index in [-0.39, 0.29) is 34.3 Å². The average Bonchev–Trinajstić information content (AvgIpc) is 2.65. The molecule has 0 spiro atoms. The third-order valence-electron chi connectivity index (χ3n) is 4.75. The molecular weight excluding hydrogens is 403 g/mol. The minimum absolute atomic E-state index is 0.134. The molecule has 154 valence electrons. The van der Waals surface area contributed by atoms with Gasteiger partial charge in [0.2, 0.25) is 5.91 Å². The number of hydrogen-bond donors (Lipinski definition) is 1. The van der Waals surface area contributed by atoms with Crippen molar-refractivity contribution in [2.75, 3.05) is 19.7 Å². The molecule has 1 heterocycles. The molecular formula is C20H26Cl2N2O4. The van der Waals surface area contributed by atoms with Crippen molar-refractivity contribution >= 4 is 41.0 Å². The van der Waals surface area contributed by atoms with Gasteiger partial charge in [-0.05, 0) is 43.9 Å². The molecule has 1 saturated heterocycles. The van der Waals surface area contributed by atoms with Gasteiger partial charge in [0.05, 0.1) is 23.1 Å². The van der Waals surface area contributed by atoms with E-state index in [4.69, 9.17) is 27.9 Å². The fraction of sp³-hybridized carbons (Fsp3) is 0.550. The molecule has 2 atom stereocenters. The zero-order valence-corrected chi connectivity index (χ0v) is 17.8. The number of piperidine rings is 1. The minimum atomic E-state index is -0.722. The van der Waals surface area contributed by atoms with Gasteiger partial charge >= 0.3 is 5.97 Å². The largest absolute Gasteiger partial charge is 0.466 e. The van der Waals surface area contributed by atoms with E-state index in [1.807, 2.05) is 13.8 Å². The van der Waals surface area contributed by atoms with E-state index in [1.54, 1.807) is 17.9 Å². The number of rotatable bonds is 6. The van der Waals surface area contributed by atoms with Gasteiger partial charge in [-0.25, -0.2) is 0 Å². The second-order valence-corrected chi connectivity index (χ2v) is 8.04. The second-order valence-electron chi connectivity index (χ2n) is 7.19.